The van der Waals surface area contributed by atoms with Gasteiger partial charge in [0.2, 0.25) is 0 Å². The van der Waals surface area contributed by atoms with Crippen LogP contribution in [-0.2, 0) is 6.42 Å². The molecule has 0 saturated heterocycles. The van der Waals surface area contributed by atoms with Crippen LogP contribution >= 0.6 is 23.2 Å². The van der Waals surface area contributed by atoms with Crippen LogP contribution in [0.4, 0.5) is 0 Å². The molecule has 0 amide bonds. The molecule has 0 heterocycles. The number of hydrogen-bond acceptors (Lipinski definition) is 2. The number of ketones is 1. The maximum absolute atomic E-state index is 12.2. The Morgan fingerprint density at radius 1 is 1.19 bits per heavy atom. The predicted molar refractivity (Wildman–Crippen MR) is 83.0 cm³/mol. The summed E-state index contributed by atoms with van der Waals surface area (Å²) in [5.74, 6) is -0.231. The third-order valence-corrected chi connectivity index (χ3v) is 3.98. The van der Waals surface area contributed by atoms with Crippen molar-refractivity contribution in [2.45, 2.75) is 6.42 Å². The van der Waals surface area contributed by atoms with E-state index in [1.807, 2.05) is 24.3 Å². The molecule has 2 aromatic carbocycles. The fourth-order valence-electron chi connectivity index (χ4n) is 2.64. The van der Waals surface area contributed by atoms with Crippen LogP contribution in [0.3, 0.4) is 0 Å². The highest BCUT2D eigenvalue weighted by Crippen LogP contribution is 2.41. The van der Waals surface area contributed by atoms with Crippen molar-refractivity contribution in [1.82, 2.24) is 0 Å². The Morgan fingerprint density at radius 2 is 1.95 bits per heavy atom. The molecule has 0 N–H and O–H groups in total. The molecule has 0 saturated carbocycles. The van der Waals surface area contributed by atoms with Crippen LogP contribution < -0.4 is 0 Å². The van der Waals surface area contributed by atoms with Crippen molar-refractivity contribution >= 4 is 29.0 Å². The molecule has 0 fully saturated rings. The average Bonchev–Trinajstić information content (AvgIpc) is 2.82. The van der Waals surface area contributed by atoms with Gasteiger partial charge in [-0.15, -0.1) is 0 Å². The van der Waals surface area contributed by atoms with Gasteiger partial charge in [0.05, 0.1) is 6.54 Å². The maximum Gasteiger partial charge on any atom is 0.169 e. The molecule has 0 radical (unpaired) electrons. The van der Waals surface area contributed by atoms with Crippen molar-refractivity contribution in [3.63, 3.8) is 0 Å². The highest BCUT2D eigenvalue weighted by molar-refractivity contribution is 6.32. The molecule has 2 aromatic rings. The van der Waals surface area contributed by atoms with E-state index in [2.05, 4.69) is 10.0 Å². The molecule has 0 bridgehead atoms. The number of azide groups is 1. The Balaban J connectivity index is 2.15. The first-order valence-corrected chi connectivity index (χ1v) is 7.01. The minimum atomic E-state index is -0.231. The zero-order valence-corrected chi connectivity index (χ0v) is 12.3. The van der Waals surface area contributed by atoms with Crippen molar-refractivity contribution in [3.8, 4) is 11.1 Å². The van der Waals surface area contributed by atoms with Crippen molar-refractivity contribution in [1.29, 1.82) is 0 Å². The van der Waals surface area contributed by atoms with E-state index >= 15 is 0 Å². The standard InChI is InChI=1S/C15H9Cl2N3O/c16-9-2-1-8-3-12-13(11(8)4-9)5-10(17)6-14(12)15(21)7-19-20-18/h1-2,4-6H,3,7H2. The molecule has 0 atom stereocenters. The Bertz CT molecular complexity index is 811. The summed E-state index contributed by atoms with van der Waals surface area (Å²) < 4.78 is 0. The molecule has 104 valence electrons. The SMILES string of the molecule is [N-]=[N+]=NCC(=O)c1cc(Cl)cc2c1Cc1ccc(Cl)cc1-2. The molecule has 0 aromatic heterocycles. The summed E-state index contributed by atoms with van der Waals surface area (Å²) in [6.45, 7) is -0.208. The Hall–Kier alpha value is -2.00. The second-order valence-electron chi connectivity index (χ2n) is 4.77. The van der Waals surface area contributed by atoms with Gasteiger partial charge in [-0.25, -0.2) is 0 Å². The van der Waals surface area contributed by atoms with Crippen LogP contribution in [0.5, 0.6) is 0 Å². The van der Waals surface area contributed by atoms with Gasteiger partial charge in [-0.3, -0.25) is 4.79 Å². The topological polar surface area (TPSA) is 65.8 Å². The summed E-state index contributed by atoms with van der Waals surface area (Å²) in [7, 11) is 0. The maximum atomic E-state index is 12.2. The second-order valence-corrected chi connectivity index (χ2v) is 5.64. The lowest BCUT2D eigenvalue weighted by Crippen LogP contribution is -2.06. The van der Waals surface area contributed by atoms with E-state index < -0.39 is 0 Å². The van der Waals surface area contributed by atoms with E-state index in [0.29, 0.717) is 22.0 Å². The minimum Gasteiger partial charge on any atom is -0.294 e. The quantitative estimate of drug-likeness (QED) is 0.288. The molecule has 1 aliphatic rings. The largest absolute Gasteiger partial charge is 0.294 e. The van der Waals surface area contributed by atoms with Crippen LogP contribution in [0.1, 0.15) is 21.5 Å². The van der Waals surface area contributed by atoms with Crippen molar-refractivity contribution in [3.05, 3.63) is 67.5 Å². The smallest absolute Gasteiger partial charge is 0.169 e. The Kier molecular flexibility index (Phi) is 3.60. The molecule has 21 heavy (non-hydrogen) atoms. The summed E-state index contributed by atoms with van der Waals surface area (Å²) >= 11 is 12.2. The number of fused-ring (bicyclic) bond motifs is 3. The van der Waals surface area contributed by atoms with Gasteiger partial charge in [0, 0.05) is 20.5 Å². The van der Waals surface area contributed by atoms with Gasteiger partial charge < -0.3 is 0 Å². The van der Waals surface area contributed by atoms with Gasteiger partial charge in [-0.05, 0) is 58.5 Å². The first kappa shape index (κ1) is 14.0. The number of halogens is 2. The molecular formula is C15H9Cl2N3O. The van der Waals surface area contributed by atoms with E-state index in [0.717, 1.165) is 22.3 Å². The highest BCUT2D eigenvalue weighted by Gasteiger charge is 2.24. The first-order valence-electron chi connectivity index (χ1n) is 6.25. The number of rotatable bonds is 3. The van der Waals surface area contributed by atoms with E-state index in [9.17, 15) is 4.79 Å². The minimum absolute atomic E-state index is 0.208. The molecule has 1 aliphatic carbocycles. The number of Topliss-reactive ketones (excluding diaryl/α,β-unsaturated/α-hetero) is 1. The van der Waals surface area contributed by atoms with Gasteiger partial charge in [0.15, 0.2) is 5.78 Å². The van der Waals surface area contributed by atoms with Crippen LogP contribution in [0.15, 0.2) is 35.4 Å². The Morgan fingerprint density at radius 3 is 2.71 bits per heavy atom. The molecule has 0 spiro atoms. The summed E-state index contributed by atoms with van der Waals surface area (Å²) in [6, 6.07) is 9.12. The van der Waals surface area contributed by atoms with E-state index in [4.69, 9.17) is 28.7 Å². The monoisotopic (exact) mass is 317 g/mol. The van der Waals surface area contributed by atoms with Gasteiger partial charge in [0.25, 0.3) is 0 Å². The van der Waals surface area contributed by atoms with Crippen molar-refractivity contribution < 1.29 is 4.79 Å². The van der Waals surface area contributed by atoms with Crippen LogP contribution in [0, 0.1) is 0 Å². The van der Waals surface area contributed by atoms with Crippen molar-refractivity contribution in [2.24, 2.45) is 5.11 Å². The van der Waals surface area contributed by atoms with Gasteiger partial charge in [-0.1, -0.05) is 34.4 Å². The lowest BCUT2D eigenvalue weighted by Gasteiger charge is -2.08. The number of hydrogen-bond donors (Lipinski definition) is 0. The summed E-state index contributed by atoms with van der Waals surface area (Å²) in [6.07, 6.45) is 0.649. The average molecular weight is 318 g/mol. The van der Waals surface area contributed by atoms with Crippen LogP contribution in [0.2, 0.25) is 10.0 Å². The highest BCUT2D eigenvalue weighted by atomic mass is 35.5. The lowest BCUT2D eigenvalue weighted by atomic mass is 9.98. The molecular weight excluding hydrogens is 309 g/mol. The van der Waals surface area contributed by atoms with Gasteiger partial charge in [0.1, 0.15) is 0 Å². The molecule has 4 nitrogen and oxygen atoms in total. The molecule has 0 aliphatic heterocycles. The van der Waals surface area contributed by atoms with E-state index in [1.165, 1.54) is 0 Å². The number of benzene rings is 2. The fraction of sp³-hybridized carbons (Fsp3) is 0.133. The summed E-state index contributed by atoms with van der Waals surface area (Å²) in [4.78, 5) is 14.8. The third kappa shape index (κ3) is 2.49. The zero-order valence-electron chi connectivity index (χ0n) is 10.8. The van der Waals surface area contributed by atoms with E-state index in [1.54, 1.807) is 6.07 Å². The van der Waals surface area contributed by atoms with E-state index in [-0.39, 0.29) is 12.3 Å². The summed E-state index contributed by atoms with van der Waals surface area (Å²) in [5.41, 5.74) is 12.8. The second kappa shape index (κ2) is 5.41. The predicted octanol–water partition coefficient (Wildman–Crippen LogP) is 5.06. The third-order valence-electron chi connectivity index (χ3n) is 3.52. The van der Waals surface area contributed by atoms with Crippen LogP contribution in [-0.4, -0.2) is 12.3 Å². The molecule has 0 unspecified atom stereocenters. The number of nitrogens with zero attached hydrogens (tertiary/aromatic N) is 3. The zero-order chi connectivity index (χ0) is 15.0. The normalized spacial score (nSPS) is 11.5. The Labute approximate surface area is 130 Å². The number of carbonyl (C=O) groups is 1. The first-order chi connectivity index (χ1) is 10.1. The lowest BCUT2D eigenvalue weighted by molar-refractivity contribution is 0.100. The number of carbonyl (C=O) groups excluding carboxylic acids is 1. The van der Waals surface area contributed by atoms with Gasteiger partial charge in [-0.2, -0.15) is 0 Å². The summed E-state index contributed by atoms with van der Waals surface area (Å²) in [5, 5.41) is 4.45. The van der Waals surface area contributed by atoms with Gasteiger partial charge >= 0.3 is 0 Å². The van der Waals surface area contributed by atoms with Crippen LogP contribution in [0.25, 0.3) is 21.6 Å². The molecule has 6 heteroatoms. The molecule has 3 rings (SSSR count). The van der Waals surface area contributed by atoms with Crippen molar-refractivity contribution in [2.75, 3.05) is 6.54 Å². The fourth-order valence-corrected chi connectivity index (χ4v) is 3.03.